The van der Waals surface area contributed by atoms with Crippen LogP contribution in [0.15, 0.2) is 58.1 Å². The Bertz CT molecular complexity index is 1190. The van der Waals surface area contributed by atoms with Gasteiger partial charge in [-0.25, -0.2) is 9.37 Å². The summed E-state index contributed by atoms with van der Waals surface area (Å²) in [6.07, 6.45) is 7.46. The highest BCUT2D eigenvalue weighted by molar-refractivity contribution is 5.97. The Morgan fingerprint density at radius 1 is 1.19 bits per heavy atom. The van der Waals surface area contributed by atoms with Crippen LogP contribution in [0, 0.1) is 5.82 Å². The van der Waals surface area contributed by atoms with Gasteiger partial charge in [0.1, 0.15) is 23.3 Å². The number of hydrogen-bond acceptors (Lipinski definition) is 7. The SMILES string of the molecule is O=C(NC1(C(=O)NC2CCN(c3ccc(F)cc3-c3cocn3)CC2O)CCCCC1)c1ccco1. The van der Waals surface area contributed by atoms with E-state index in [1.807, 2.05) is 4.90 Å². The smallest absolute Gasteiger partial charge is 0.287 e. The summed E-state index contributed by atoms with van der Waals surface area (Å²) < 4.78 is 24.2. The van der Waals surface area contributed by atoms with Gasteiger partial charge >= 0.3 is 0 Å². The topological polar surface area (TPSA) is 121 Å². The molecule has 5 rings (SSSR count). The third kappa shape index (κ3) is 4.86. The van der Waals surface area contributed by atoms with E-state index in [1.54, 1.807) is 18.2 Å². The first-order valence-corrected chi connectivity index (χ1v) is 12.2. The van der Waals surface area contributed by atoms with Gasteiger partial charge in [0.25, 0.3) is 5.91 Å². The number of carbonyl (C=O) groups excluding carboxylic acids is 2. The van der Waals surface area contributed by atoms with E-state index in [9.17, 15) is 19.1 Å². The van der Waals surface area contributed by atoms with Crippen LogP contribution in [0.1, 0.15) is 49.1 Å². The average Bonchev–Trinajstić information content (AvgIpc) is 3.61. The number of nitrogens with one attached hydrogen (secondary N) is 2. The van der Waals surface area contributed by atoms with Gasteiger partial charge in [-0.1, -0.05) is 19.3 Å². The number of aliphatic hydroxyl groups excluding tert-OH is 1. The number of hydrogen-bond donors (Lipinski definition) is 3. The van der Waals surface area contributed by atoms with E-state index in [-0.39, 0.29) is 18.2 Å². The van der Waals surface area contributed by atoms with Gasteiger partial charge in [0.05, 0.1) is 18.4 Å². The number of halogens is 1. The summed E-state index contributed by atoms with van der Waals surface area (Å²) in [5, 5.41) is 16.9. The highest BCUT2D eigenvalue weighted by Crippen LogP contribution is 2.33. The fourth-order valence-corrected chi connectivity index (χ4v) is 5.21. The molecule has 190 valence electrons. The van der Waals surface area contributed by atoms with Crippen LogP contribution in [0.25, 0.3) is 11.3 Å². The lowest BCUT2D eigenvalue weighted by Crippen LogP contribution is -2.64. The molecule has 2 atom stereocenters. The van der Waals surface area contributed by atoms with Gasteiger partial charge in [0, 0.05) is 24.3 Å². The van der Waals surface area contributed by atoms with Crippen LogP contribution in [0.4, 0.5) is 10.1 Å². The molecule has 2 unspecified atom stereocenters. The Hall–Kier alpha value is -3.66. The van der Waals surface area contributed by atoms with Gasteiger partial charge in [-0.3, -0.25) is 9.59 Å². The van der Waals surface area contributed by atoms with Crippen molar-refractivity contribution in [2.75, 3.05) is 18.0 Å². The molecule has 0 spiro atoms. The minimum Gasteiger partial charge on any atom is -0.459 e. The van der Waals surface area contributed by atoms with Gasteiger partial charge in [-0.2, -0.15) is 0 Å². The van der Waals surface area contributed by atoms with Crippen molar-refractivity contribution in [2.45, 2.75) is 56.2 Å². The predicted molar refractivity (Wildman–Crippen MR) is 129 cm³/mol. The molecule has 1 aromatic carbocycles. The van der Waals surface area contributed by atoms with Crippen LogP contribution in [0.3, 0.4) is 0 Å². The van der Waals surface area contributed by atoms with Crippen molar-refractivity contribution >= 4 is 17.5 Å². The number of benzene rings is 1. The fourth-order valence-electron chi connectivity index (χ4n) is 5.21. The van der Waals surface area contributed by atoms with E-state index in [2.05, 4.69) is 15.6 Å². The molecular formula is C26H29FN4O5. The molecule has 2 aliphatic rings. The molecule has 2 aromatic heterocycles. The number of anilines is 1. The molecule has 36 heavy (non-hydrogen) atoms. The zero-order valence-corrected chi connectivity index (χ0v) is 19.8. The number of carbonyl (C=O) groups is 2. The van der Waals surface area contributed by atoms with Gasteiger partial charge in [0.15, 0.2) is 12.2 Å². The highest BCUT2D eigenvalue weighted by Gasteiger charge is 2.43. The molecule has 9 nitrogen and oxygen atoms in total. The molecule has 0 radical (unpaired) electrons. The predicted octanol–water partition coefficient (Wildman–Crippen LogP) is 3.26. The van der Waals surface area contributed by atoms with Crippen LogP contribution < -0.4 is 15.5 Å². The number of furan rings is 1. The lowest BCUT2D eigenvalue weighted by Gasteiger charge is -2.41. The summed E-state index contributed by atoms with van der Waals surface area (Å²) in [5.41, 5.74) is 0.751. The molecular weight excluding hydrogens is 467 g/mol. The standard InChI is InChI=1S/C26H29FN4O5/c27-17-6-7-21(18(13-17)20-15-35-16-28-20)31-11-8-19(22(32)14-31)29-25(34)26(9-2-1-3-10-26)30-24(33)23-5-4-12-36-23/h4-7,12-13,15-16,19,22,32H,1-3,8-11,14H2,(H,29,34)(H,30,33). The lowest BCUT2D eigenvalue weighted by molar-refractivity contribution is -0.130. The minimum atomic E-state index is -1.05. The molecule has 2 fully saturated rings. The summed E-state index contributed by atoms with van der Waals surface area (Å²) in [6.45, 7) is 0.775. The summed E-state index contributed by atoms with van der Waals surface area (Å²) >= 11 is 0. The van der Waals surface area contributed by atoms with Gasteiger partial charge in [-0.15, -0.1) is 0 Å². The third-order valence-corrected chi connectivity index (χ3v) is 7.15. The van der Waals surface area contributed by atoms with Crippen LogP contribution >= 0.6 is 0 Å². The normalized spacial score (nSPS) is 21.7. The molecule has 0 bridgehead atoms. The number of rotatable bonds is 6. The largest absolute Gasteiger partial charge is 0.459 e. The van der Waals surface area contributed by atoms with E-state index in [0.29, 0.717) is 37.1 Å². The number of β-amino-alcohol motifs (C(OH)–C–C–N with tert-alkyl or cyclic N) is 1. The Kier molecular flexibility index (Phi) is 6.77. The maximum atomic E-state index is 14.0. The van der Waals surface area contributed by atoms with Crippen molar-refractivity contribution in [1.29, 1.82) is 0 Å². The summed E-state index contributed by atoms with van der Waals surface area (Å²) in [5.74, 6) is -0.953. The maximum absolute atomic E-state index is 14.0. The quantitative estimate of drug-likeness (QED) is 0.479. The van der Waals surface area contributed by atoms with Crippen molar-refractivity contribution in [2.24, 2.45) is 0 Å². The second-order valence-electron chi connectivity index (χ2n) is 9.49. The number of aromatic nitrogens is 1. The molecule has 3 N–H and O–H groups in total. The molecule has 10 heteroatoms. The zero-order chi connectivity index (χ0) is 25.1. The van der Waals surface area contributed by atoms with Crippen molar-refractivity contribution in [3.05, 3.63) is 60.8 Å². The summed E-state index contributed by atoms with van der Waals surface area (Å²) in [6, 6.07) is 7.12. The van der Waals surface area contributed by atoms with Gasteiger partial charge in [-0.05, 0) is 49.6 Å². The van der Waals surface area contributed by atoms with Crippen molar-refractivity contribution in [3.8, 4) is 11.3 Å². The molecule has 1 saturated carbocycles. The van der Waals surface area contributed by atoms with E-state index >= 15 is 0 Å². The Morgan fingerprint density at radius 2 is 2.03 bits per heavy atom. The summed E-state index contributed by atoms with van der Waals surface area (Å²) in [4.78, 5) is 32.3. The molecule has 1 aliphatic heterocycles. The van der Waals surface area contributed by atoms with E-state index in [4.69, 9.17) is 8.83 Å². The van der Waals surface area contributed by atoms with Crippen molar-refractivity contribution in [1.82, 2.24) is 15.6 Å². The van der Waals surface area contributed by atoms with E-state index < -0.39 is 29.4 Å². The maximum Gasteiger partial charge on any atom is 0.287 e. The van der Waals surface area contributed by atoms with E-state index in [0.717, 1.165) is 24.9 Å². The van der Waals surface area contributed by atoms with Crippen LogP contribution in [0.5, 0.6) is 0 Å². The van der Waals surface area contributed by atoms with Crippen LogP contribution in [-0.2, 0) is 4.79 Å². The first-order valence-electron chi connectivity index (χ1n) is 12.2. The first kappa shape index (κ1) is 24.1. The third-order valence-electron chi connectivity index (χ3n) is 7.15. The molecule has 2 amide bonds. The molecule has 3 heterocycles. The number of aliphatic hydroxyl groups is 1. The first-order chi connectivity index (χ1) is 17.4. The number of amides is 2. The average molecular weight is 497 g/mol. The van der Waals surface area contributed by atoms with Crippen molar-refractivity contribution in [3.63, 3.8) is 0 Å². The Balaban J connectivity index is 1.28. The fraction of sp³-hybridized carbons (Fsp3) is 0.423. The van der Waals surface area contributed by atoms with Gasteiger partial charge in [0.2, 0.25) is 5.91 Å². The number of piperidine rings is 1. The van der Waals surface area contributed by atoms with Crippen molar-refractivity contribution < 1.29 is 27.9 Å². The van der Waals surface area contributed by atoms with E-state index in [1.165, 1.54) is 31.1 Å². The monoisotopic (exact) mass is 496 g/mol. The lowest BCUT2D eigenvalue weighted by atomic mass is 9.80. The number of oxazole rings is 1. The molecule has 3 aromatic rings. The molecule has 1 saturated heterocycles. The highest BCUT2D eigenvalue weighted by atomic mass is 19.1. The van der Waals surface area contributed by atoms with Crippen LogP contribution in [0.2, 0.25) is 0 Å². The van der Waals surface area contributed by atoms with Crippen LogP contribution in [-0.4, -0.2) is 52.7 Å². The second kappa shape index (κ2) is 10.1. The Labute approximate surface area is 207 Å². The zero-order valence-electron chi connectivity index (χ0n) is 19.8. The summed E-state index contributed by atoms with van der Waals surface area (Å²) in [7, 11) is 0. The molecule has 1 aliphatic carbocycles. The number of nitrogens with zero attached hydrogens (tertiary/aromatic N) is 2. The Morgan fingerprint density at radius 3 is 2.72 bits per heavy atom. The second-order valence-corrected chi connectivity index (χ2v) is 9.49. The van der Waals surface area contributed by atoms with Gasteiger partial charge < -0.3 is 29.5 Å². The minimum absolute atomic E-state index is 0.156.